The van der Waals surface area contributed by atoms with Crippen LogP contribution in [0.25, 0.3) is 0 Å². The summed E-state index contributed by atoms with van der Waals surface area (Å²) in [5.41, 5.74) is 6.95. The molecule has 0 aliphatic rings. The van der Waals surface area contributed by atoms with Crippen LogP contribution in [0, 0.1) is 6.92 Å². The monoisotopic (exact) mass is 349 g/mol. The van der Waals surface area contributed by atoms with Crippen molar-refractivity contribution in [1.82, 2.24) is 0 Å². The molecule has 0 unspecified atom stereocenters. The number of hydrogen-bond acceptors (Lipinski definition) is 4. The lowest BCUT2D eigenvalue weighted by Crippen LogP contribution is -2.23. The summed E-state index contributed by atoms with van der Waals surface area (Å²) in [7, 11) is 0. The number of carbonyl (C=O) groups is 2. The van der Waals surface area contributed by atoms with Crippen LogP contribution in [0.1, 0.15) is 15.9 Å². The van der Waals surface area contributed by atoms with E-state index in [1.165, 1.54) is 18.2 Å². The second kappa shape index (κ2) is 8.09. The Balaban J connectivity index is 2.03. The lowest BCUT2D eigenvalue weighted by molar-refractivity contribution is -0.114. The van der Waals surface area contributed by atoms with Crippen LogP contribution in [0.3, 0.4) is 0 Å². The normalized spacial score (nSPS) is 10.4. The minimum absolute atomic E-state index is 0.127. The fourth-order valence-electron chi connectivity index (χ4n) is 2.23. The number of hydrogen-bond donors (Lipinski definition) is 3. The molecule has 4 N–H and O–H groups in total. The van der Waals surface area contributed by atoms with Crippen LogP contribution >= 0.6 is 0 Å². The number of benzene rings is 2. The quantitative estimate of drug-likeness (QED) is 0.716. The Morgan fingerprint density at radius 3 is 2.48 bits per heavy atom. The van der Waals surface area contributed by atoms with E-state index in [1.54, 1.807) is 31.2 Å². The molecule has 0 saturated heterocycles. The maximum atomic E-state index is 12.4. The molecule has 0 spiro atoms. The number of ether oxygens (including phenoxy) is 1. The van der Waals surface area contributed by atoms with Crippen molar-refractivity contribution in [2.24, 2.45) is 5.73 Å². The fraction of sp³-hybridized carbons (Fsp3) is 0.176. The largest absolute Gasteiger partial charge is 0.433 e. The average Bonchev–Trinajstić information content (AvgIpc) is 2.55. The molecule has 132 valence electrons. The van der Waals surface area contributed by atoms with Gasteiger partial charge in [0.25, 0.3) is 0 Å². The molecular weight excluding hydrogens is 332 g/mol. The number of halogens is 2. The van der Waals surface area contributed by atoms with Crippen LogP contribution < -0.4 is 21.1 Å². The summed E-state index contributed by atoms with van der Waals surface area (Å²) in [4.78, 5) is 23.4. The molecule has 0 fully saturated rings. The zero-order valence-electron chi connectivity index (χ0n) is 13.4. The van der Waals surface area contributed by atoms with E-state index in [0.29, 0.717) is 16.8 Å². The molecule has 0 saturated carbocycles. The lowest BCUT2D eigenvalue weighted by atomic mass is 10.1. The Kier molecular flexibility index (Phi) is 5.89. The van der Waals surface area contributed by atoms with Crippen molar-refractivity contribution >= 4 is 23.2 Å². The van der Waals surface area contributed by atoms with E-state index in [1.807, 2.05) is 0 Å². The molecule has 2 rings (SSSR count). The maximum absolute atomic E-state index is 12.4. The number of primary amides is 1. The van der Waals surface area contributed by atoms with Gasteiger partial charge < -0.3 is 21.1 Å². The van der Waals surface area contributed by atoms with Crippen molar-refractivity contribution in [1.29, 1.82) is 0 Å². The van der Waals surface area contributed by atoms with E-state index in [0.717, 1.165) is 0 Å². The highest BCUT2D eigenvalue weighted by Gasteiger charge is 2.12. The van der Waals surface area contributed by atoms with E-state index in [9.17, 15) is 18.4 Å². The number of rotatable bonds is 7. The van der Waals surface area contributed by atoms with Crippen LogP contribution in [-0.4, -0.2) is 25.0 Å². The molecule has 0 radical (unpaired) electrons. The topological polar surface area (TPSA) is 93.4 Å². The van der Waals surface area contributed by atoms with Gasteiger partial charge in [-0.2, -0.15) is 8.78 Å². The van der Waals surface area contributed by atoms with Crippen molar-refractivity contribution in [3.63, 3.8) is 0 Å². The molecule has 25 heavy (non-hydrogen) atoms. The van der Waals surface area contributed by atoms with Crippen LogP contribution in [0.4, 0.5) is 20.2 Å². The first-order chi connectivity index (χ1) is 11.9. The molecular formula is C17H17F2N3O3. The van der Waals surface area contributed by atoms with Crippen molar-refractivity contribution < 1.29 is 23.1 Å². The van der Waals surface area contributed by atoms with Crippen LogP contribution in [0.2, 0.25) is 0 Å². The molecule has 8 heteroatoms. The van der Waals surface area contributed by atoms with Crippen LogP contribution in [0.5, 0.6) is 5.75 Å². The van der Waals surface area contributed by atoms with Gasteiger partial charge >= 0.3 is 6.61 Å². The molecule has 2 amide bonds. The molecule has 0 aliphatic heterocycles. The van der Waals surface area contributed by atoms with Gasteiger partial charge in [-0.3, -0.25) is 9.59 Å². The van der Waals surface area contributed by atoms with Crippen LogP contribution in [-0.2, 0) is 4.79 Å². The first kappa shape index (κ1) is 18.2. The summed E-state index contributed by atoms with van der Waals surface area (Å²) in [6.45, 7) is -1.42. The van der Waals surface area contributed by atoms with Crippen molar-refractivity contribution in [2.75, 3.05) is 17.2 Å². The van der Waals surface area contributed by atoms with Crippen molar-refractivity contribution in [3.05, 3.63) is 53.6 Å². The molecule has 6 nitrogen and oxygen atoms in total. The molecule has 0 aromatic heterocycles. The SMILES string of the molecule is Cc1c(NCC(=O)Nc2ccccc2OC(F)F)cccc1C(N)=O. The Morgan fingerprint density at radius 1 is 1.12 bits per heavy atom. The van der Waals surface area contributed by atoms with Gasteiger partial charge in [0.15, 0.2) is 0 Å². The zero-order chi connectivity index (χ0) is 18.4. The first-order valence-electron chi connectivity index (χ1n) is 7.35. The molecule has 0 atom stereocenters. The average molecular weight is 349 g/mol. The smallest absolute Gasteiger partial charge is 0.387 e. The van der Waals surface area contributed by atoms with Gasteiger partial charge in [0.05, 0.1) is 12.2 Å². The van der Waals surface area contributed by atoms with E-state index >= 15 is 0 Å². The third-order valence-electron chi connectivity index (χ3n) is 3.42. The van der Waals surface area contributed by atoms with Gasteiger partial charge in [-0.25, -0.2) is 0 Å². The highest BCUT2D eigenvalue weighted by molar-refractivity contribution is 5.97. The van der Waals surface area contributed by atoms with E-state index in [4.69, 9.17) is 5.73 Å². The molecule has 2 aromatic carbocycles. The molecule has 0 heterocycles. The van der Waals surface area contributed by atoms with E-state index < -0.39 is 18.4 Å². The standard InChI is InChI=1S/C17H17F2N3O3/c1-10-11(16(20)24)5-4-7-12(10)21-9-15(23)22-13-6-2-3-8-14(13)25-17(18)19/h2-8,17,21H,9H2,1H3,(H2,20,24)(H,22,23). The summed E-state index contributed by atoms with van der Waals surface area (Å²) in [6, 6.07) is 10.8. The molecule has 0 bridgehead atoms. The lowest BCUT2D eigenvalue weighted by Gasteiger charge is -2.14. The number of alkyl halides is 2. The minimum Gasteiger partial charge on any atom is -0.433 e. The highest BCUT2D eigenvalue weighted by Crippen LogP contribution is 2.25. The number of anilines is 2. The Hall–Kier alpha value is -3.16. The maximum Gasteiger partial charge on any atom is 0.387 e. The predicted octanol–water partition coefficient (Wildman–Crippen LogP) is 2.75. The van der Waals surface area contributed by atoms with Crippen molar-refractivity contribution in [3.8, 4) is 5.75 Å². The number of nitrogens with one attached hydrogen (secondary N) is 2. The van der Waals surface area contributed by atoms with Gasteiger partial charge in [-0.1, -0.05) is 18.2 Å². The van der Waals surface area contributed by atoms with Gasteiger partial charge in [0.1, 0.15) is 5.75 Å². The zero-order valence-corrected chi connectivity index (χ0v) is 13.4. The summed E-state index contributed by atoms with van der Waals surface area (Å²) in [6.07, 6.45) is 0. The predicted molar refractivity (Wildman–Crippen MR) is 89.9 cm³/mol. The van der Waals surface area contributed by atoms with Crippen LogP contribution in [0.15, 0.2) is 42.5 Å². The number of amides is 2. The second-order valence-corrected chi connectivity index (χ2v) is 5.12. The summed E-state index contributed by atoms with van der Waals surface area (Å²) in [5, 5.41) is 5.37. The van der Waals surface area contributed by atoms with E-state index in [2.05, 4.69) is 15.4 Å². The summed E-state index contributed by atoms with van der Waals surface area (Å²) < 4.78 is 29.1. The number of para-hydroxylation sites is 2. The highest BCUT2D eigenvalue weighted by atomic mass is 19.3. The summed E-state index contributed by atoms with van der Waals surface area (Å²) >= 11 is 0. The Bertz CT molecular complexity index is 781. The minimum atomic E-state index is -2.99. The van der Waals surface area contributed by atoms with Gasteiger partial charge in [0, 0.05) is 11.3 Å². The van der Waals surface area contributed by atoms with E-state index in [-0.39, 0.29) is 18.0 Å². The number of nitrogens with two attached hydrogens (primary N) is 1. The molecule has 0 aliphatic carbocycles. The van der Waals surface area contributed by atoms with Gasteiger partial charge in [0.2, 0.25) is 11.8 Å². The fourth-order valence-corrected chi connectivity index (χ4v) is 2.23. The second-order valence-electron chi connectivity index (χ2n) is 5.12. The first-order valence-corrected chi connectivity index (χ1v) is 7.35. The number of carbonyl (C=O) groups excluding carboxylic acids is 2. The summed E-state index contributed by atoms with van der Waals surface area (Å²) in [5.74, 6) is -1.16. The van der Waals surface area contributed by atoms with Gasteiger partial charge in [-0.15, -0.1) is 0 Å². The van der Waals surface area contributed by atoms with Gasteiger partial charge in [-0.05, 0) is 36.8 Å². The Labute approximate surface area is 143 Å². The van der Waals surface area contributed by atoms with Crippen molar-refractivity contribution in [2.45, 2.75) is 13.5 Å². The third-order valence-corrected chi connectivity index (χ3v) is 3.42. The third kappa shape index (κ3) is 4.90. The molecule has 2 aromatic rings. The Morgan fingerprint density at radius 2 is 1.80 bits per heavy atom.